The van der Waals surface area contributed by atoms with Crippen LogP contribution in [0, 0.1) is 0 Å². The maximum atomic E-state index is 11.5. The molecule has 0 saturated carbocycles. The molecule has 19 heavy (non-hydrogen) atoms. The van der Waals surface area contributed by atoms with Gasteiger partial charge in [0.1, 0.15) is 12.2 Å². The monoisotopic (exact) mass is 288 g/mol. The fraction of sp³-hybridized carbons (Fsp3) is 0.857. The number of hydrogen-bond donors (Lipinski definition) is 0. The van der Waals surface area contributed by atoms with E-state index in [9.17, 15) is 9.59 Å². The highest BCUT2D eigenvalue weighted by molar-refractivity contribution is 6.74. The first kappa shape index (κ1) is 18.3. The Hall–Kier alpha value is -0.683. The van der Waals surface area contributed by atoms with Crippen LogP contribution in [-0.2, 0) is 18.8 Å². The number of carbonyl (C=O) groups is 2. The van der Waals surface area contributed by atoms with E-state index in [1.165, 1.54) is 0 Å². The van der Waals surface area contributed by atoms with E-state index in [1.807, 2.05) is 0 Å². The van der Waals surface area contributed by atoms with Crippen LogP contribution in [0.15, 0.2) is 0 Å². The minimum absolute atomic E-state index is 0.0720. The lowest BCUT2D eigenvalue weighted by Gasteiger charge is -2.36. The van der Waals surface area contributed by atoms with Crippen molar-refractivity contribution >= 4 is 20.1 Å². The Labute approximate surface area is 118 Å². The van der Waals surface area contributed by atoms with Crippen molar-refractivity contribution in [3.8, 4) is 0 Å². The molecule has 0 radical (unpaired) electrons. The molecule has 0 unspecified atom stereocenters. The standard InChI is InChI=1S/C14H28O4Si/c1-7-17-13(16)11-12(15)9-8-10-18-19(5,6)14(2,3)4/h7-11H2,1-6H3. The summed E-state index contributed by atoms with van der Waals surface area (Å²) in [7, 11) is -1.72. The minimum Gasteiger partial charge on any atom is -0.466 e. The summed E-state index contributed by atoms with van der Waals surface area (Å²) >= 11 is 0. The van der Waals surface area contributed by atoms with Crippen LogP contribution < -0.4 is 0 Å². The molecule has 0 spiro atoms. The molecule has 0 fully saturated rings. The SMILES string of the molecule is CCOC(=O)CC(=O)CCCO[Si](C)(C)C(C)(C)C. The Bertz CT molecular complexity index is 305. The van der Waals surface area contributed by atoms with Gasteiger partial charge in [0, 0.05) is 13.0 Å². The number of carbonyl (C=O) groups excluding carboxylic acids is 2. The van der Waals surface area contributed by atoms with E-state index < -0.39 is 14.3 Å². The summed E-state index contributed by atoms with van der Waals surface area (Å²) in [5.41, 5.74) is 0. The van der Waals surface area contributed by atoms with Crippen LogP contribution in [0.5, 0.6) is 0 Å². The molecule has 4 nitrogen and oxygen atoms in total. The average molecular weight is 288 g/mol. The van der Waals surface area contributed by atoms with Gasteiger partial charge in [-0.25, -0.2) is 0 Å². The molecular weight excluding hydrogens is 260 g/mol. The number of ketones is 1. The quantitative estimate of drug-likeness (QED) is 0.297. The number of Topliss-reactive ketones (excluding diaryl/α,β-unsaturated/α-hetero) is 1. The second-order valence-corrected chi connectivity index (χ2v) is 11.0. The van der Waals surface area contributed by atoms with Gasteiger partial charge in [-0.15, -0.1) is 0 Å². The van der Waals surface area contributed by atoms with Crippen LogP contribution in [0.1, 0.15) is 47.0 Å². The smallest absolute Gasteiger partial charge is 0.313 e. The first-order chi connectivity index (χ1) is 8.60. The zero-order valence-corrected chi connectivity index (χ0v) is 14.2. The van der Waals surface area contributed by atoms with E-state index in [4.69, 9.17) is 9.16 Å². The summed E-state index contributed by atoms with van der Waals surface area (Å²) in [6.07, 6.45) is 0.937. The van der Waals surface area contributed by atoms with Crippen molar-refractivity contribution in [3.05, 3.63) is 0 Å². The summed E-state index contributed by atoms with van der Waals surface area (Å²) in [5, 5.41) is 0.182. The molecule has 0 aliphatic carbocycles. The maximum Gasteiger partial charge on any atom is 0.313 e. The molecule has 112 valence electrons. The molecule has 0 heterocycles. The van der Waals surface area contributed by atoms with Gasteiger partial charge in [0.25, 0.3) is 0 Å². The minimum atomic E-state index is -1.72. The van der Waals surface area contributed by atoms with Gasteiger partial charge in [-0.2, -0.15) is 0 Å². The van der Waals surface area contributed by atoms with Crippen molar-refractivity contribution in [2.24, 2.45) is 0 Å². The van der Waals surface area contributed by atoms with Crippen LogP contribution in [0.3, 0.4) is 0 Å². The zero-order valence-electron chi connectivity index (χ0n) is 13.2. The molecule has 0 aliphatic heterocycles. The molecular formula is C14H28O4Si. The van der Waals surface area contributed by atoms with Crippen molar-refractivity contribution in [1.82, 2.24) is 0 Å². The highest BCUT2D eigenvalue weighted by atomic mass is 28.4. The molecule has 0 aromatic heterocycles. The van der Waals surface area contributed by atoms with Gasteiger partial charge in [0.05, 0.1) is 6.61 Å². The summed E-state index contributed by atoms with van der Waals surface area (Å²) in [6, 6.07) is 0. The summed E-state index contributed by atoms with van der Waals surface area (Å²) in [6.45, 7) is 13.6. The van der Waals surface area contributed by atoms with Crippen molar-refractivity contribution in [1.29, 1.82) is 0 Å². The number of hydrogen-bond acceptors (Lipinski definition) is 4. The van der Waals surface area contributed by atoms with Crippen molar-refractivity contribution in [3.63, 3.8) is 0 Å². The summed E-state index contributed by atoms with van der Waals surface area (Å²) in [4.78, 5) is 22.6. The number of ether oxygens (including phenoxy) is 1. The van der Waals surface area contributed by atoms with E-state index >= 15 is 0 Å². The van der Waals surface area contributed by atoms with Crippen LogP contribution in [-0.4, -0.2) is 33.3 Å². The molecule has 0 amide bonds. The molecule has 0 saturated heterocycles. The Kier molecular flexibility index (Phi) is 7.52. The topological polar surface area (TPSA) is 52.6 Å². The van der Waals surface area contributed by atoms with Gasteiger partial charge >= 0.3 is 5.97 Å². The third-order valence-corrected chi connectivity index (χ3v) is 8.05. The van der Waals surface area contributed by atoms with Gasteiger partial charge in [-0.1, -0.05) is 20.8 Å². The van der Waals surface area contributed by atoms with Gasteiger partial charge in [0.15, 0.2) is 8.32 Å². The molecule has 0 aromatic carbocycles. The molecule has 5 heteroatoms. The molecule has 0 bridgehead atoms. The van der Waals surface area contributed by atoms with E-state index in [0.29, 0.717) is 26.1 Å². The van der Waals surface area contributed by atoms with Gasteiger partial charge in [-0.3, -0.25) is 9.59 Å². The van der Waals surface area contributed by atoms with Crippen molar-refractivity contribution in [2.75, 3.05) is 13.2 Å². The third-order valence-electron chi connectivity index (χ3n) is 3.52. The fourth-order valence-corrected chi connectivity index (χ4v) is 2.36. The van der Waals surface area contributed by atoms with E-state index in [0.717, 1.165) is 0 Å². The zero-order chi connectivity index (χ0) is 15.1. The summed E-state index contributed by atoms with van der Waals surface area (Å²) < 4.78 is 10.7. The molecule has 0 rings (SSSR count). The average Bonchev–Trinajstić information content (AvgIpc) is 2.23. The Morgan fingerprint density at radius 1 is 1.16 bits per heavy atom. The van der Waals surface area contributed by atoms with Crippen molar-refractivity contribution < 1.29 is 18.8 Å². The Balaban J connectivity index is 3.87. The van der Waals surface area contributed by atoms with E-state index in [-0.39, 0.29) is 17.2 Å². The summed E-state index contributed by atoms with van der Waals surface area (Å²) in [5.74, 6) is -0.505. The number of rotatable bonds is 8. The predicted molar refractivity (Wildman–Crippen MR) is 78.6 cm³/mol. The first-order valence-electron chi connectivity index (χ1n) is 6.91. The van der Waals surface area contributed by atoms with Crippen LogP contribution in [0.4, 0.5) is 0 Å². The maximum absolute atomic E-state index is 11.5. The van der Waals surface area contributed by atoms with Gasteiger partial charge in [0.2, 0.25) is 0 Å². The second-order valence-electron chi connectivity index (χ2n) is 6.23. The molecule has 0 N–H and O–H groups in total. The molecule has 0 aliphatic rings. The predicted octanol–water partition coefficient (Wildman–Crippen LogP) is 3.31. The van der Waals surface area contributed by atoms with E-state index in [1.54, 1.807) is 6.92 Å². The van der Waals surface area contributed by atoms with Crippen LogP contribution in [0.25, 0.3) is 0 Å². The lowest BCUT2D eigenvalue weighted by Crippen LogP contribution is -2.41. The van der Waals surface area contributed by atoms with Crippen LogP contribution in [0.2, 0.25) is 18.1 Å². The highest BCUT2D eigenvalue weighted by Crippen LogP contribution is 2.36. The largest absolute Gasteiger partial charge is 0.466 e. The molecule has 0 aromatic rings. The lowest BCUT2D eigenvalue weighted by atomic mass is 10.2. The lowest BCUT2D eigenvalue weighted by molar-refractivity contribution is -0.145. The molecule has 0 atom stereocenters. The number of esters is 1. The normalized spacial score (nSPS) is 12.3. The Morgan fingerprint density at radius 3 is 2.21 bits per heavy atom. The van der Waals surface area contributed by atoms with Crippen LogP contribution >= 0.6 is 0 Å². The van der Waals surface area contributed by atoms with E-state index in [2.05, 4.69) is 33.9 Å². The Morgan fingerprint density at radius 2 is 1.74 bits per heavy atom. The second kappa shape index (κ2) is 7.80. The van der Waals surface area contributed by atoms with Gasteiger partial charge < -0.3 is 9.16 Å². The van der Waals surface area contributed by atoms with Gasteiger partial charge in [-0.05, 0) is 31.5 Å². The third kappa shape index (κ3) is 7.47. The first-order valence-corrected chi connectivity index (χ1v) is 9.82. The fourth-order valence-electron chi connectivity index (χ4n) is 1.27. The highest BCUT2D eigenvalue weighted by Gasteiger charge is 2.36. The van der Waals surface area contributed by atoms with Crippen molar-refractivity contribution in [2.45, 2.75) is 65.1 Å².